The van der Waals surface area contributed by atoms with Gasteiger partial charge in [0.05, 0.1) is 23.7 Å². The van der Waals surface area contributed by atoms with Crippen LogP contribution in [-0.2, 0) is 11.3 Å². The smallest absolute Gasteiger partial charge is 0.255 e. The summed E-state index contributed by atoms with van der Waals surface area (Å²) >= 11 is 0. The fourth-order valence-electron chi connectivity index (χ4n) is 3.44. The first-order valence-electron chi connectivity index (χ1n) is 10.0. The molecule has 1 aliphatic heterocycles. The van der Waals surface area contributed by atoms with Gasteiger partial charge in [-0.15, -0.1) is 0 Å². The first-order chi connectivity index (χ1) is 14.7. The lowest BCUT2D eigenvalue weighted by molar-refractivity contribution is 0.0858. The van der Waals surface area contributed by atoms with Gasteiger partial charge in [0.15, 0.2) is 0 Å². The zero-order valence-corrected chi connectivity index (χ0v) is 16.6. The summed E-state index contributed by atoms with van der Waals surface area (Å²) in [4.78, 5) is 29.3. The zero-order chi connectivity index (χ0) is 20.8. The molecule has 2 amide bonds. The van der Waals surface area contributed by atoms with Crippen LogP contribution >= 0.6 is 0 Å². The lowest BCUT2D eigenvalue weighted by atomic mass is 10.1. The van der Waals surface area contributed by atoms with Crippen LogP contribution in [-0.4, -0.2) is 40.6 Å². The van der Waals surface area contributed by atoms with E-state index in [9.17, 15) is 9.59 Å². The van der Waals surface area contributed by atoms with E-state index in [0.717, 1.165) is 25.0 Å². The topological polar surface area (TPSA) is 85.3 Å². The number of ether oxygens (including phenoxy) is 1. The van der Waals surface area contributed by atoms with Crippen molar-refractivity contribution in [3.05, 3.63) is 83.9 Å². The Kier molecular flexibility index (Phi) is 6.20. The Morgan fingerprint density at radius 3 is 2.67 bits per heavy atom. The number of amides is 2. The minimum absolute atomic E-state index is 0.0662. The molecule has 0 unspecified atom stereocenters. The van der Waals surface area contributed by atoms with Gasteiger partial charge >= 0.3 is 0 Å². The van der Waals surface area contributed by atoms with Gasteiger partial charge in [-0.2, -0.15) is 0 Å². The van der Waals surface area contributed by atoms with Crippen molar-refractivity contribution in [1.82, 2.24) is 14.9 Å². The Bertz CT molecular complexity index is 994. The van der Waals surface area contributed by atoms with Gasteiger partial charge in [0.2, 0.25) is 0 Å². The van der Waals surface area contributed by atoms with E-state index >= 15 is 0 Å². The highest BCUT2D eigenvalue weighted by molar-refractivity contribution is 6.09. The molecule has 0 saturated carbocycles. The molecule has 0 aliphatic carbocycles. The van der Waals surface area contributed by atoms with E-state index in [-0.39, 0.29) is 17.9 Å². The molecular formula is C23H24N4O3. The second-order valence-corrected chi connectivity index (χ2v) is 7.28. The van der Waals surface area contributed by atoms with Crippen LogP contribution in [0.3, 0.4) is 0 Å². The van der Waals surface area contributed by atoms with E-state index in [1.54, 1.807) is 48.9 Å². The number of rotatable bonds is 7. The van der Waals surface area contributed by atoms with E-state index in [1.165, 1.54) is 0 Å². The highest BCUT2D eigenvalue weighted by atomic mass is 16.5. The maximum Gasteiger partial charge on any atom is 0.255 e. The van der Waals surface area contributed by atoms with Gasteiger partial charge in [-0.1, -0.05) is 24.3 Å². The Balaban J connectivity index is 1.39. The fourth-order valence-corrected chi connectivity index (χ4v) is 3.44. The Morgan fingerprint density at radius 2 is 1.93 bits per heavy atom. The van der Waals surface area contributed by atoms with Crippen molar-refractivity contribution >= 4 is 17.5 Å². The van der Waals surface area contributed by atoms with Crippen LogP contribution in [0.2, 0.25) is 0 Å². The van der Waals surface area contributed by atoms with E-state index in [1.807, 2.05) is 22.9 Å². The minimum Gasteiger partial charge on any atom is -0.376 e. The number of carbonyl (C=O) groups excluding carboxylic acids is 2. The lowest BCUT2D eigenvalue weighted by Crippen LogP contribution is -2.32. The largest absolute Gasteiger partial charge is 0.376 e. The van der Waals surface area contributed by atoms with Crippen molar-refractivity contribution in [2.75, 3.05) is 18.5 Å². The second-order valence-electron chi connectivity index (χ2n) is 7.28. The number of anilines is 1. The molecule has 3 aromatic rings. The molecule has 1 aromatic heterocycles. The number of nitrogens with one attached hydrogen (secondary N) is 2. The molecule has 1 aliphatic rings. The van der Waals surface area contributed by atoms with Gasteiger partial charge < -0.3 is 19.9 Å². The quantitative estimate of drug-likeness (QED) is 0.634. The summed E-state index contributed by atoms with van der Waals surface area (Å²) < 4.78 is 7.50. The first-order valence-corrected chi connectivity index (χ1v) is 10.0. The second kappa shape index (κ2) is 9.37. The summed E-state index contributed by atoms with van der Waals surface area (Å²) in [6.07, 6.45) is 7.42. The van der Waals surface area contributed by atoms with Crippen molar-refractivity contribution in [1.29, 1.82) is 0 Å². The molecule has 0 radical (unpaired) electrons. The molecule has 154 valence electrons. The van der Waals surface area contributed by atoms with Crippen molar-refractivity contribution in [2.24, 2.45) is 0 Å². The van der Waals surface area contributed by atoms with Crippen molar-refractivity contribution in [2.45, 2.75) is 25.5 Å². The monoisotopic (exact) mass is 404 g/mol. The van der Waals surface area contributed by atoms with Gasteiger partial charge in [-0.3, -0.25) is 9.59 Å². The third-order valence-electron chi connectivity index (χ3n) is 5.07. The molecule has 4 rings (SSSR count). The molecule has 0 spiro atoms. The lowest BCUT2D eigenvalue weighted by Gasteiger charge is -2.14. The maximum atomic E-state index is 12.7. The van der Waals surface area contributed by atoms with Gasteiger partial charge in [0, 0.05) is 37.7 Å². The fraction of sp³-hybridized carbons (Fsp3) is 0.261. The first kappa shape index (κ1) is 19.8. The molecule has 1 fully saturated rings. The summed E-state index contributed by atoms with van der Waals surface area (Å²) in [5.41, 5.74) is 2.51. The molecular weight excluding hydrogens is 380 g/mol. The van der Waals surface area contributed by atoms with Crippen LogP contribution in [0, 0.1) is 0 Å². The van der Waals surface area contributed by atoms with Crippen LogP contribution in [0.15, 0.2) is 67.3 Å². The number of para-hydroxylation sites is 1. The standard InChI is InChI=1S/C23H24N4O3/c28-22(18-9-7-17(8-10-18)15-27-12-11-24-16-27)26-21-6-2-1-5-20(21)23(29)25-14-19-4-3-13-30-19/h1-2,5-12,16,19H,3-4,13-15H2,(H,25,29)(H,26,28)/t19-/m1/s1. The van der Waals surface area contributed by atoms with E-state index < -0.39 is 0 Å². The van der Waals surface area contributed by atoms with E-state index in [2.05, 4.69) is 15.6 Å². The molecule has 0 bridgehead atoms. The number of benzene rings is 2. The molecule has 2 aromatic carbocycles. The molecule has 7 nitrogen and oxygen atoms in total. The molecule has 2 N–H and O–H groups in total. The number of nitrogens with zero attached hydrogens (tertiary/aromatic N) is 2. The number of hydrogen-bond donors (Lipinski definition) is 2. The molecule has 2 heterocycles. The number of hydrogen-bond acceptors (Lipinski definition) is 4. The Morgan fingerprint density at radius 1 is 1.10 bits per heavy atom. The summed E-state index contributed by atoms with van der Waals surface area (Å²) in [6, 6.07) is 14.4. The van der Waals surface area contributed by atoms with Gasteiger partial charge in [-0.25, -0.2) is 4.98 Å². The van der Waals surface area contributed by atoms with E-state index in [0.29, 0.717) is 29.9 Å². The SMILES string of the molecule is O=C(Nc1ccccc1C(=O)NC[C@H]1CCCO1)c1ccc(Cn2ccnc2)cc1. The van der Waals surface area contributed by atoms with Gasteiger partial charge in [0.25, 0.3) is 11.8 Å². The van der Waals surface area contributed by atoms with Crippen LogP contribution in [0.25, 0.3) is 0 Å². The predicted octanol–water partition coefficient (Wildman–Crippen LogP) is 3.09. The Labute approximate surface area is 175 Å². The van der Waals surface area contributed by atoms with Crippen molar-refractivity contribution in [3.8, 4) is 0 Å². The third kappa shape index (κ3) is 4.93. The third-order valence-corrected chi connectivity index (χ3v) is 5.07. The van der Waals surface area contributed by atoms with Gasteiger partial charge in [0.1, 0.15) is 0 Å². The molecule has 7 heteroatoms. The molecule has 1 saturated heterocycles. The van der Waals surface area contributed by atoms with Crippen molar-refractivity contribution in [3.63, 3.8) is 0 Å². The normalized spacial score (nSPS) is 15.7. The average Bonchev–Trinajstić information content (AvgIpc) is 3.47. The summed E-state index contributed by atoms with van der Waals surface area (Å²) in [5, 5.41) is 5.75. The summed E-state index contributed by atoms with van der Waals surface area (Å²) in [7, 11) is 0. The summed E-state index contributed by atoms with van der Waals surface area (Å²) in [6.45, 7) is 1.91. The number of aromatic nitrogens is 2. The highest BCUT2D eigenvalue weighted by Gasteiger charge is 2.18. The van der Waals surface area contributed by atoms with Crippen LogP contribution in [0.4, 0.5) is 5.69 Å². The number of imidazole rings is 1. The minimum atomic E-state index is -0.261. The number of carbonyl (C=O) groups is 2. The highest BCUT2D eigenvalue weighted by Crippen LogP contribution is 2.17. The van der Waals surface area contributed by atoms with Gasteiger partial charge in [-0.05, 0) is 42.7 Å². The van der Waals surface area contributed by atoms with E-state index in [4.69, 9.17) is 4.74 Å². The zero-order valence-electron chi connectivity index (χ0n) is 16.6. The van der Waals surface area contributed by atoms with Crippen molar-refractivity contribution < 1.29 is 14.3 Å². The molecule has 1 atom stereocenters. The van der Waals surface area contributed by atoms with Crippen LogP contribution in [0.1, 0.15) is 39.1 Å². The summed E-state index contributed by atoms with van der Waals surface area (Å²) in [5.74, 6) is -0.486. The molecule has 30 heavy (non-hydrogen) atoms. The predicted molar refractivity (Wildman–Crippen MR) is 113 cm³/mol. The average molecular weight is 404 g/mol. The maximum absolute atomic E-state index is 12.7. The Hall–Kier alpha value is -3.45. The van der Waals surface area contributed by atoms with Crippen LogP contribution in [0.5, 0.6) is 0 Å². The van der Waals surface area contributed by atoms with Crippen LogP contribution < -0.4 is 10.6 Å².